The van der Waals surface area contributed by atoms with Crippen LogP contribution in [-0.4, -0.2) is 15.0 Å². The second-order valence-electron chi connectivity index (χ2n) is 13.5. The highest BCUT2D eigenvalue weighted by Gasteiger charge is 2.21. The molecule has 5 heteroatoms. The second kappa shape index (κ2) is 12.3. The smallest absolute Gasteiger partial charge is 0.167 e. The molecular weight excluding hydrogens is 679 g/mol. The predicted molar refractivity (Wildman–Crippen MR) is 225 cm³/mol. The van der Waals surface area contributed by atoms with Crippen molar-refractivity contribution in [1.29, 1.82) is 0 Å². The van der Waals surface area contributed by atoms with Crippen LogP contribution in [0, 0.1) is 0 Å². The fourth-order valence-electron chi connectivity index (χ4n) is 7.76. The lowest BCUT2D eigenvalue weighted by Crippen LogP contribution is -2.00. The minimum Gasteiger partial charge on any atom is -0.455 e. The Bertz CT molecular complexity index is 3200. The topological polar surface area (TPSA) is 51.8 Å². The Kier molecular flexibility index (Phi) is 7.00. The van der Waals surface area contributed by atoms with E-state index < -0.39 is 0 Å². The van der Waals surface area contributed by atoms with Crippen molar-refractivity contribution >= 4 is 64.2 Å². The van der Waals surface area contributed by atoms with Crippen LogP contribution >= 0.6 is 11.3 Å². The van der Waals surface area contributed by atoms with Gasteiger partial charge in [-0.15, -0.1) is 11.3 Å². The highest BCUT2D eigenvalue weighted by Crippen LogP contribution is 2.43. The van der Waals surface area contributed by atoms with Crippen LogP contribution in [0.3, 0.4) is 0 Å². The van der Waals surface area contributed by atoms with Crippen LogP contribution in [0.5, 0.6) is 0 Å². The highest BCUT2D eigenvalue weighted by atomic mass is 32.1. The lowest BCUT2D eigenvalue weighted by atomic mass is 9.95. The van der Waals surface area contributed by atoms with Crippen LogP contribution < -0.4 is 0 Å². The number of benzene rings is 8. The molecule has 54 heavy (non-hydrogen) atoms. The molecule has 3 aromatic heterocycles. The summed E-state index contributed by atoms with van der Waals surface area (Å²) in [6.07, 6.45) is 0. The molecule has 3 heterocycles. The van der Waals surface area contributed by atoms with Gasteiger partial charge in [0.05, 0.1) is 5.56 Å². The van der Waals surface area contributed by atoms with E-state index in [9.17, 15) is 0 Å². The second-order valence-corrected chi connectivity index (χ2v) is 14.6. The van der Waals surface area contributed by atoms with E-state index in [4.69, 9.17) is 19.4 Å². The van der Waals surface area contributed by atoms with Gasteiger partial charge in [-0.2, -0.15) is 0 Å². The van der Waals surface area contributed by atoms with Crippen molar-refractivity contribution in [3.63, 3.8) is 0 Å². The van der Waals surface area contributed by atoms with Gasteiger partial charge in [-0.25, -0.2) is 15.0 Å². The fourth-order valence-corrected chi connectivity index (χ4v) is 8.98. The summed E-state index contributed by atoms with van der Waals surface area (Å²) in [7, 11) is 0. The molecule has 252 valence electrons. The first-order valence-corrected chi connectivity index (χ1v) is 18.8. The molecule has 0 unspecified atom stereocenters. The molecule has 0 fully saturated rings. The Hall–Kier alpha value is -6.95. The van der Waals surface area contributed by atoms with Gasteiger partial charge in [0, 0.05) is 47.5 Å². The Morgan fingerprint density at radius 2 is 0.870 bits per heavy atom. The van der Waals surface area contributed by atoms with Crippen molar-refractivity contribution in [3.8, 4) is 56.4 Å². The lowest BCUT2D eigenvalue weighted by molar-refractivity contribution is 0.673. The number of para-hydroxylation sites is 1. The predicted octanol–water partition coefficient (Wildman–Crippen LogP) is 13.6. The molecule has 0 N–H and O–H groups in total. The average Bonchev–Trinajstić information content (AvgIpc) is 3.83. The maximum Gasteiger partial charge on any atom is 0.167 e. The van der Waals surface area contributed by atoms with Crippen molar-refractivity contribution < 1.29 is 4.42 Å². The molecule has 0 atom stereocenters. The molecule has 0 radical (unpaired) electrons. The molecule has 0 aliphatic rings. The zero-order valence-electron chi connectivity index (χ0n) is 28.9. The number of thiophene rings is 1. The van der Waals surface area contributed by atoms with Gasteiger partial charge in [0.2, 0.25) is 0 Å². The molecule has 8 aromatic carbocycles. The third-order valence-electron chi connectivity index (χ3n) is 10.4. The first-order valence-electron chi connectivity index (χ1n) is 18.0. The number of hydrogen-bond acceptors (Lipinski definition) is 5. The minimum absolute atomic E-state index is 0.567. The van der Waals surface area contributed by atoms with Gasteiger partial charge in [0.15, 0.2) is 17.5 Å². The summed E-state index contributed by atoms with van der Waals surface area (Å²) in [5.74, 6) is 1.80. The Morgan fingerprint density at radius 3 is 1.65 bits per heavy atom. The zero-order valence-corrected chi connectivity index (χ0v) is 29.7. The van der Waals surface area contributed by atoms with Crippen molar-refractivity contribution in [1.82, 2.24) is 15.0 Å². The zero-order chi connectivity index (χ0) is 35.6. The van der Waals surface area contributed by atoms with Gasteiger partial charge < -0.3 is 4.42 Å². The summed E-state index contributed by atoms with van der Waals surface area (Å²) >= 11 is 1.77. The van der Waals surface area contributed by atoms with Crippen molar-refractivity contribution in [3.05, 3.63) is 176 Å². The van der Waals surface area contributed by atoms with E-state index in [1.54, 1.807) is 11.3 Å². The number of aromatic nitrogens is 3. The molecule has 0 saturated carbocycles. The van der Waals surface area contributed by atoms with Gasteiger partial charge >= 0.3 is 0 Å². The van der Waals surface area contributed by atoms with Crippen molar-refractivity contribution in [2.45, 2.75) is 0 Å². The lowest BCUT2D eigenvalue weighted by Gasteiger charge is -2.10. The van der Waals surface area contributed by atoms with Crippen LogP contribution in [0.1, 0.15) is 0 Å². The fraction of sp³-hybridized carbons (Fsp3) is 0. The maximum atomic E-state index is 6.91. The summed E-state index contributed by atoms with van der Waals surface area (Å²) in [6.45, 7) is 0. The van der Waals surface area contributed by atoms with Gasteiger partial charge in [-0.1, -0.05) is 152 Å². The number of hydrogen-bond donors (Lipinski definition) is 0. The monoisotopic (exact) mass is 707 g/mol. The quantitative estimate of drug-likeness (QED) is 0.179. The molecule has 4 nitrogen and oxygen atoms in total. The molecule has 0 aliphatic carbocycles. The third-order valence-corrected chi connectivity index (χ3v) is 11.6. The number of rotatable bonds is 5. The van der Waals surface area contributed by atoms with E-state index in [2.05, 4.69) is 170 Å². The molecular formula is C49H29N3OS. The van der Waals surface area contributed by atoms with E-state index in [1.807, 2.05) is 6.07 Å². The normalized spacial score (nSPS) is 11.7. The summed E-state index contributed by atoms with van der Waals surface area (Å²) in [5, 5.41) is 6.74. The number of nitrogens with zero attached hydrogens (tertiary/aromatic N) is 3. The highest BCUT2D eigenvalue weighted by molar-refractivity contribution is 7.26. The third kappa shape index (κ3) is 4.94. The van der Waals surface area contributed by atoms with E-state index in [-0.39, 0.29) is 0 Å². The van der Waals surface area contributed by atoms with Crippen LogP contribution in [0.2, 0.25) is 0 Å². The van der Waals surface area contributed by atoms with E-state index in [0.29, 0.717) is 17.5 Å². The SMILES string of the molecule is c1ccc(-c2ccc(-c3nc(-c4cccc5c4oc4c6ccccc6c(-c6ccccc6)cc54)nc(-c4cccc5c4sc4ccccc45)n3)cc2)cc1. The van der Waals surface area contributed by atoms with Crippen LogP contribution in [0.15, 0.2) is 180 Å². The summed E-state index contributed by atoms with van der Waals surface area (Å²) in [4.78, 5) is 15.6. The minimum atomic E-state index is 0.567. The summed E-state index contributed by atoms with van der Waals surface area (Å²) in [5.41, 5.74) is 8.97. The van der Waals surface area contributed by atoms with Gasteiger partial charge in [0.1, 0.15) is 11.2 Å². The van der Waals surface area contributed by atoms with Crippen molar-refractivity contribution in [2.24, 2.45) is 0 Å². The van der Waals surface area contributed by atoms with Gasteiger partial charge in [-0.05, 0) is 51.9 Å². The number of fused-ring (bicyclic) bond motifs is 8. The molecule has 0 amide bonds. The molecule has 11 rings (SSSR count). The maximum absolute atomic E-state index is 6.91. The van der Waals surface area contributed by atoms with Gasteiger partial charge in [-0.3, -0.25) is 0 Å². The average molecular weight is 708 g/mol. The molecule has 0 aliphatic heterocycles. The largest absolute Gasteiger partial charge is 0.455 e. The summed E-state index contributed by atoms with van der Waals surface area (Å²) < 4.78 is 9.30. The van der Waals surface area contributed by atoms with E-state index in [0.717, 1.165) is 65.2 Å². The molecule has 0 spiro atoms. The first-order chi connectivity index (χ1) is 26.8. The Morgan fingerprint density at radius 1 is 0.333 bits per heavy atom. The molecule has 11 aromatic rings. The van der Waals surface area contributed by atoms with Crippen LogP contribution in [-0.2, 0) is 0 Å². The summed E-state index contributed by atoms with van der Waals surface area (Å²) in [6, 6.07) is 61.4. The van der Waals surface area contributed by atoms with Crippen molar-refractivity contribution in [2.75, 3.05) is 0 Å². The molecule has 0 saturated heterocycles. The van der Waals surface area contributed by atoms with Crippen LogP contribution in [0.4, 0.5) is 0 Å². The van der Waals surface area contributed by atoms with E-state index in [1.165, 1.54) is 26.6 Å². The van der Waals surface area contributed by atoms with Crippen LogP contribution in [0.25, 0.3) is 109 Å². The van der Waals surface area contributed by atoms with Gasteiger partial charge in [0.25, 0.3) is 0 Å². The standard InChI is InChI=1S/C49H29N3OS/c1-3-13-30(14-4-1)31-25-27-33(28-26-31)47-50-48(52-49(51-47)40-23-12-21-38-35-18-9-10-24-43(35)54-46(38)40)39-22-11-20-37-42-29-41(32-15-5-2-6-16-32)34-17-7-8-19-36(34)45(42)53-44(37)39/h1-29H. The number of furan rings is 1. The molecule has 0 bridgehead atoms. The Balaban J connectivity index is 1.15. The Labute approximate surface area is 314 Å². The van der Waals surface area contributed by atoms with E-state index >= 15 is 0 Å². The first kappa shape index (κ1) is 30.7.